The largest absolute Gasteiger partial charge is 0.459 e. The van der Waals surface area contributed by atoms with Crippen molar-refractivity contribution in [2.45, 2.75) is 25.4 Å². The van der Waals surface area contributed by atoms with Gasteiger partial charge in [-0.2, -0.15) is 0 Å². The molecule has 0 saturated carbocycles. The summed E-state index contributed by atoms with van der Waals surface area (Å²) in [5, 5.41) is 3.03. The van der Waals surface area contributed by atoms with Crippen molar-refractivity contribution in [2.24, 2.45) is 0 Å². The van der Waals surface area contributed by atoms with Gasteiger partial charge < -0.3 is 14.6 Å². The van der Waals surface area contributed by atoms with Gasteiger partial charge in [0.05, 0.1) is 12.3 Å². The summed E-state index contributed by atoms with van der Waals surface area (Å²) in [6.45, 7) is 2.00. The number of hydrogen-bond acceptors (Lipinski definition) is 3. The van der Waals surface area contributed by atoms with E-state index in [0.29, 0.717) is 12.2 Å². The number of rotatable bonds is 4. The molecule has 0 unspecified atom stereocenters. The lowest BCUT2D eigenvalue weighted by Crippen LogP contribution is -2.48. The van der Waals surface area contributed by atoms with Crippen molar-refractivity contribution >= 4 is 29.0 Å². The van der Waals surface area contributed by atoms with Crippen LogP contribution >= 0.6 is 0 Å². The van der Waals surface area contributed by atoms with Crippen molar-refractivity contribution in [1.82, 2.24) is 0 Å². The molecule has 3 amide bonds. The number of para-hydroxylation sites is 3. The zero-order valence-electron chi connectivity index (χ0n) is 18.8. The maximum Gasteiger partial charge on any atom is 0.326 e. The first-order valence-electron chi connectivity index (χ1n) is 11.3. The first kappa shape index (κ1) is 21.5. The number of amides is 3. The van der Waals surface area contributed by atoms with Crippen LogP contribution in [-0.4, -0.2) is 18.0 Å². The lowest BCUT2D eigenvalue weighted by atomic mass is 9.90. The number of nitrogens with one attached hydrogen (secondary N) is 1. The molecule has 0 bridgehead atoms. The smallest absolute Gasteiger partial charge is 0.326 e. The summed E-state index contributed by atoms with van der Waals surface area (Å²) in [4.78, 5) is 30.5. The van der Waals surface area contributed by atoms with Crippen LogP contribution in [0.1, 0.15) is 35.5 Å². The Kier molecular flexibility index (Phi) is 5.87. The van der Waals surface area contributed by atoms with Crippen molar-refractivity contribution in [3.05, 3.63) is 115 Å². The van der Waals surface area contributed by atoms with Crippen LogP contribution < -0.4 is 15.1 Å². The molecular weight excluding hydrogens is 426 g/mol. The molecule has 1 aliphatic heterocycles. The van der Waals surface area contributed by atoms with E-state index in [-0.39, 0.29) is 24.0 Å². The molecule has 1 aliphatic rings. The van der Waals surface area contributed by atoms with Gasteiger partial charge in [-0.1, -0.05) is 54.6 Å². The summed E-state index contributed by atoms with van der Waals surface area (Å²) in [6, 6.07) is 29.5. The molecule has 6 nitrogen and oxygen atoms in total. The third-order valence-electron chi connectivity index (χ3n) is 6.10. The predicted molar refractivity (Wildman–Crippen MR) is 133 cm³/mol. The fourth-order valence-corrected chi connectivity index (χ4v) is 4.59. The standard InChI is InChI=1S/C28H25N3O3/c1-20-19-25(23-15-8-9-16-24(23)30(20)27(32)26-17-10-18-34-26)31(22-13-6-3-7-14-22)28(33)29-21-11-4-2-5-12-21/h2-18,20,25H,19H2,1H3,(H,29,33)/t20-,25+/m1/s1. The van der Waals surface area contributed by atoms with E-state index in [9.17, 15) is 9.59 Å². The van der Waals surface area contributed by atoms with E-state index in [4.69, 9.17) is 4.42 Å². The van der Waals surface area contributed by atoms with E-state index in [1.807, 2.05) is 91.9 Å². The Morgan fingerprint density at radius 2 is 1.56 bits per heavy atom. The molecule has 3 aromatic carbocycles. The molecule has 6 heteroatoms. The maximum atomic E-state index is 13.7. The molecule has 34 heavy (non-hydrogen) atoms. The summed E-state index contributed by atoms with van der Waals surface area (Å²) in [5.41, 5.74) is 3.20. The van der Waals surface area contributed by atoms with Crippen LogP contribution in [0.2, 0.25) is 0 Å². The zero-order chi connectivity index (χ0) is 23.5. The molecule has 5 rings (SSSR count). The highest BCUT2D eigenvalue weighted by Gasteiger charge is 2.39. The average molecular weight is 452 g/mol. The van der Waals surface area contributed by atoms with Gasteiger partial charge in [0.2, 0.25) is 0 Å². The normalized spacial score (nSPS) is 17.0. The molecule has 0 spiro atoms. The third-order valence-corrected chi connectivity index (χ3v) is 6.10. The van der Waals surface area contributed by atoms with Crippen LogP contribution in [0.25, 0.3) is 0 Å². The van der Waals surface area contributed by atoms with Crippen molar-refractivity contribution in [3.63, 3.8) is 0 Å². The highest BCUT2D eigenvalue weighted by molar-refractivity contribution is 6.06. The molecule has 1 aromatic heterocycles. The number of carbonyl (C=O) groups excluding carboxylic acids is 2. The molecule has 1 N–H and O–H groups in total. The predicted octanol–water partition coefficient (Wildman–Crippen LogP) is 6.50. The Bertz CT molecular complexity index is 1270. The monoisotopic (exact) mass is 451 g/mol. The SMILES string of the molecule is C[C@@H]1C[C@H](N(C(=O)Nc2ccccc2)c2ccccc2)c2ccccc2N1C(=O)c1ccco1. The molecule has 4 aromatic rings. The Morgan fingerprint density at radius 3 is 2.26 bits per heavy atom. The minimum Gasteiger partial charge on any atom is -0.459 e. The van der Waals surface area contributed by atoms with E-state index >= 15 is 0 Å². The fraction of sp³-hybridized carbons (Fsp3) is 0.143. The Hall–Kier alpha value is -4.32. The number of fused-ring (bicyclic) bond motifs is 1. The van der Waals surface area contributed by atoms with Crippen LogP contribution in [0.5, 0.6) is 0 Å². The van der Waals surface area contributed by atoms with Gasteiger partial charge >= 0.3 is 6.03 Å². The molecular formula is C28H25N3O3. The molecule has 0 aliphatic carbocycles. The molecule has 2 atom stereocenters. The molecule has 0 saturated heterocycles. The summed E-state index contributed by atoms with van der Waals surface area (Å²) < 4.78 is 5.39. The average Bonchev–Trinajstić information content (AvgIpc) is 3.40. The minimum atomic E-state index is -0.266. The maximum absolute atomic E-state index is 13.7. The first-order chi connectivity index (χ1) is 16.6. The lowest BCUT2D eigenvalue weighted by molar-refractivity contribution is 0.0946. The van der Waals surface area contributed by atoms with E-state index in [0.717, 1.165) is 22.6 Å². The van der Waals surface area contributed by atoms with Crippen LogP contribution in [0.15, 0.2) is 108 Å². The summed E-state index contributed by atoms with van der Waals surface area (Å²) in [7, 11) is 0. The Morgan fingerprint density at radius 1 is 0.882 bits per heavy atom. The van der Waals surface area contributed by atoms with Gasteiger partial charge in [-0.3, -0.25) is 9.69 Å². The fourth-order valence-electron chi connectivity index (χ4n) is 4.59. The highest BCUT2D eigenvalue weighted by Crippen LogP contribution is 2.42. The summed E-state index contributed by atoms with van der Waals surface area (Å²) in [6.07, 6.45) is 2.07. The highest BCUT2D eigenvalue weighted by atomic mass is 16.3. The summed E-state index contributed by atoms with van der Waals surface area (Å²) in [5.74, 6) is 0.102. The van der Waals surface area contributed by atoms with Crippen molar-refractivity contribution < 1.29 is 14.0 Å². The van der Waals surface area contributed by atoms with Gasteiger partial charge in [-0.25, -0.2) is 4.79 Å². The van der Waals surface area contributed by atoms with E-state index in [2.05, 4.69) is 5.32 Å². The lowest BCUT2D eigenvalue weighted by Gasteiger charge is -2.43. The second-order valence-corrected chi connectivity index (χ2v) is 8.31. The van der Waals surface area contributed by atoms with E-state index in [1.165, 1.54) is 6.26 Å². The zero-order valence-corrected chi connectivity index (χ0v) is 18.8. The number of furan rings is 1. The van der Waals surface area contributed by atoms with Crippen LogP contribution in [0.3, 0.4) is 0 Å². The molecule has 2 heterocycles. The van der Waals surface area contributed by atoms with E-state index < -0.39 is 0 Å². The van der Waals surface area contributed by atoms with Gasteiger partial charge in [-0.05, 0) is 61.4 Å². The molecule has 0 fully saturated rings. The van der Waals surface area contributed by atoms with Gasteiger partial charge in [0.15, 0.2) is 5.76 Å². The van der Waals surface area contributed by atoms with Crippen LogP contribution in [0.4, 0.5) is 21.9 Å². The topological polar surface area (TPSA) is 65.8 Å². The summed E-state index contributed by atoms with van der Waals surface area (Å²) >= 11 is 0. The number of benzene rings is 3. The molecule has 0 radical (unpaired) electrons. The quantitative estimate of drug-likeness (QED) is 0.385. The number of nitrogens with zero attached hydrogens (tertiary/aromatic N) is 2. The van der Waals surface area contributed by atoms with Gasteiger partial charge in [0, 0.05) is 23.1 Å². The van der Waals surface area contributed by atoms with Gasteiger partial charge in [0.1, 0.15) is 0 Å². The van der Waals surface area contributed by atoms with Crippen LogP contribution in [-0.2, 0) is 0 Å². The third kappa shape index (κ3) is 4.06. The number of hydrogen-bond donors (Lipinski definition) is 1. The minimum absolute atomic E-state index is 0.159. The van der Waals surface area contributed by atoms with Crippen LogP contribution in [0, 0.1) is 0 Å². The Balaban J connectivity index is 1.56. The van der Waals surface area contributed by atoms with Crippen molar-refractivity contribution in [2.75, 3.05) is 15.1 Å². The van der Waals surface area contributed by atoms with Crippen molar-refractivity contribution in [3.8, 4) is 0 Å². The number of carbonyl (C=O) groups is 2. The molecule has 170 valence electrons. The second-order valence-electron chi connectivity index (χ2n) is 8.31. The number of urea groups is 1. The van der Waals surface area contributed by atoms with Gasteiger partial charge in [-0.15, -0.1) is 0 Å². The second kappa shape index (κ2) is 9.27. The van der Waals surface area contributed by atoms with E-state index in [1.54, 1.807) is 21.9 Å². The Labute approximate surface area is 198 Å². The first-order valence-corrected chi connectivity index (χ1v) is 11.3. The number of anilines is 3. The van der Waals surface area contributed by atoms with Gasteiger partial charge in [0.25, 0.3) is 5.91 Å². The van der Waals surface area contributed by atoms with Crippen molar-refractivity contribution in [1.29, 1.82) is 0 Å².